The van der Waals surface area contributed by atoms with Gasteiger partial charge in [-0.05, 0) is 11.0 Å². The second-order valence-corrected chi connectivity index (χ2v) is 3.68. The van der Waals surface area contributed by atoms with Crippen LogP contribution in [-0.2, 0) is 5.41 Å². The third kappa shape index (κ3) is 2.00. The molecule has 1 nitrogen and oxygen atoms in total. The van der Waals surface area contributed by atoms with Crippen LogP contribution >= 0.6 is 0 Å². The van der Waals surface area contributed by atoms with Crippen molar-refractivity contribution < 1.29 is 9.27 Å². The van der Waals surface area contributed by atoms with Gasteiger partial charge in [0.1, 0.15) is 0 Å². The molecule has 0 radical (unpaired) electrons. The summed E-state index contributed by atoms with van der Waals surface area (Å²) in [5.41, 5.74) is 1.25. The van der Waals surface area contributed by atoms with E-state index in [0.717, 1.165) is 5.56 Å². The standard InChI is InChI=1S/C9H13FN/c1-9(2,3)8-4-6-11(10)7-5-8/h4-7H,1-3H3/q+1. The molecule has 2 heteroatoms. The zero-order chi connectivity index (χ0) is 8.48. The second kappa shape index (κ2) is 2.61. The number of halogens is 1. The molecule has 1 aromatic heterocycles. The highest BCUT2D eigenvalue weighted by Crippen LogP contribution is 2.19. The second-order valence-electron chi connectivity index (χ2n) is 3.68. The minimum Gasteiger partial charge on any atom is -0.0561 e. The summed E-state index contributed by atoms with van der Waals surface area (Å²) >= 11 is 0. The van der Waals surface area contributed by atoms with E-state index >= 15 is 0 Å². The molecule has 11 heavy (non-hydrogen) atoms. The van der Waals surface area contributed by atoms with Crippen molar-refractivity contribution in [1.82, 2.24) is 0 Å². The lowest BCUT2D eigenvalue weighted by molar-refractivity contribution is -0.844. The Bertz CT molecular complexity index is 233. The molecular formula is C9H13FN+. The molecule has 0 amide bonds. The largest absolute Gasteiger partial charge is 0.218 e. The summed E-state index contributed by atoms with van der Waals surface area (Å²) < 4.78 is 12.4. The molecule has 1 aromatic rings. The topological polar surface area (TPSA) is 3.88 Å². The highest BCUT2D eigenvalue weighted by molar-refractivity contribution is 5.17. The number of pyridine rings is 1. The van der Waals surface area contributed by atoms with Crippen molar-refractivity contribution in [3.8, 4) is 0 Å². The van der Waals surface area contributed by atoms with Crippen molar-refractivity contribution in [1.29, 1.82) is 0 Å². The molecule has 0 saturated heterocycles. The first kappa shape index (κ1) is 8.18. The fourth-order valence-electron chi connectivity index (χ4n) is 0.908. The number of hydrogen-bond donors (Lipinski definition) is 0. The average molecular weight is 154 g/mol. The van der Waals surface area contributed by atoms with Crippen molar-refractivity contribution in [2.75, 3.05) is 0 Å². The molecule has 0 saturated carbocycles. The summed E-state index contributed by atoms with van der Waals surface area (Å²) in [5.74, 6) is 0. The molecular weight excluding hydrogens is 141 g/mol. The summed E-state index contributed by atoms with van der Waals surface area (Å²) in [6.07, 6.45) is 2.83. The van der Waals surface area contributed by atoms with Crippen molar-refractivity contribution in [2.45, 2.75) is 26.2 Å². The van der Waals surface area contributed by atoms with Gasteiger partial charge in [0.2, 0.25) is 12.4 Å². The normalized spacial score (nSPS) is 11.6. The van der Waals surface area contributed by atoms with Crippen LogP contribution in [0.1, 0.15) is 26.3 Å². The van der Waals surface area contributed by atoms with Crippen LogP contribution in [0.4, 0.5) is 4.48 Å². The van der Waals surface area contributed by atoms with Crippen LogP contribution in [0.5, 0.6) is 0 Å². The van der Waals surface area contributed by atoms with E-state index in [9.17, 15) is 4.48 Å². The smallest absolute Gasteiger partial charge is 0.0561 e. The summed E-state index contributed by atoms with van der Waals surface area (Å²) in [5, 5.41) is 0. The fraction of sp³-hybridized carbons (Fsp3) is 0.444. The molecule has 0 aromatic carbocycles. The van der Waals surface area contributed by atoms with Gasteiger partial charge in [-0.15, -0.1) is 0 Å². The van der Waals surface area contributed by atoms with E-state index in [4.69, 9.17) is 0 Å². The Kier molecular flexibility index (Phi) is 1.94. The van der Waals surface area contributed by atoms with Gasteiger partial charge in [0, 0.05) is 16.9 Å². The Morgan fingerprint density at radius 1 is 1.18 bits per heavy atom. The summed E-state index contributed by atoms with van der Waals surface area (Å²) in [7, 11) is 0. The maximum absolute atomic E-state index is 12.4. The Labute approximate surface area is 66.4 Å². The van der Waals surface area contributed by atoms with Gasteiger partial charge in [0.05, 0.1) is 4.48 Å². The number of hydrogen-bond acceptors (Lipinski definition) is 0. The number of nitrogens with zero attached hydrogens (tertiary/aromatic N) is 1. The molecule has 1 heterocycles. The molecule has 0 N–H and O–H groups in total. The van der Waals surface area contributed by atoms with Crippen molar-refractivity contribution in [3.63, 3.8) is 0 Å². The van der Waals surface area contributed by atoms with Crippen LogP contribution in [0.2, 0.25) is 0 Å². The van der Waals surface area contributed by atoms with Gasteiger partial charge in [-0.25, -0.2) is 0 Å². The lowest BCUT2D eigenvalue weighted by Crippen LogP contribution is -2.22. The highest BCUT2D eigenvalue weighted by Gasteiger charge is 2.14. The Morgan fingerprint density at radius 3 is 2.00 bits per heavy atom. The van der Waals surface area contributed by atoms with Gasteiger partial charge in [-0.2, -0.15) is 0 Å². The quantitative estimate of drug-likeness (QED) is 0.538. The lowest BCUT2D eigenvalue weighted by atomic mass is 9.88. The van der Waals surface area contributed by atoms with Crippen LogP contribution in [-0.4, -0.2) is 0 Å². The van der Waals surface area contributed by atoms with Crippen molar-refractivity contribution in [2.24, 2.45) is 0 Å². The van der Waals surface area contributed by atoms with E-state index < -0.39 is 0 Å². The third-order valence-corrected chi connectivity index (χ3v) is 1.66. The molecule has 0 aliphatic rings. The van der Waals surface area contributed by atoms with Gasteiger partial charge in [-0.1, -0.05) is 20.8 Å². The van der Waals surface area contributed by atoms with E-state index in [0.29, 0.717) is 4.79 Å². The molecule has 60 valence electrons. The third-order valence-electron chi connectivity index (χ3n) is 1.66. The zero-order valence-corrected chi connectivity index (χ0v) is 7.13. The van der Waals surface area contributed by atoms with Crippen LogP contribution < -0.4 is 4.79 Å². The van der Waals surface area contributed by atoms with E-state index in [2.05, 4.69) is 20.8 Å². The Hall–Kier alpha value is -0.920. The molecule has 0 atom stereocenters. The van der Waals surface area contributed by atoms with Crippen molar-refractivity contribution in [3.05, 3.63) is 30.1 Å². The summed E-state index contributed by atoms with van der Waals surface area (Å²) in [6.45, 7) is 6.31. The summed E-state index contributed by atoms with van der Waals surface area (Å²) in [6, 6.07) is 3.58. The SMILES string of the molecule is CC(C)(C)c1cc[n+](F)cc1. The molecule has 0 aliphatic heterocycles. The van der Waals surface area contributed by atoms with E-state index in [1.807, 2.05) is 0 Å². The van der Waals surface area contributed by atoms with Gasteiger partial charge < -0.3 is 0 Å². The number of rotatable bonds is 0. The van der Waals surface area contributed by atoms with E-state index in [-0.39, 0.29) is 5.41 Å². The first-order valence-corrected chi connectivity index (χ1v) is 3.68. The van der Waals surface area contributed by atoms with Crippen LogP contribution in [0.15, 0.2) is 24.5 Å². The molecule has 0 unspecified atom stereocenters. The Balaban J connectivity index is 2.99. The van der Waals surface area contributed by atoms with Gasteiger partial charge in [-0.3, -0.25) is 0 Å². The van der Waals surface area contributed by atoms with Crippen LogP contribution in [0.3, 0.4) is 0 Å². The van der Waals surface area contributed by atoms with E-state index in [1.165, 1.54) is 12.4 Å². The maximum Gasteiger partial charge on any atom is 0.218 e. The first-order valence-electron chi connectivity index (χ1n) is 3.68. The van der Waals surface area contributed by atoms with Gasteiger partial charge in [0.25, 0.3) is 0 Å². The molecule has 0 bridgehead atoms. The predicted octanol–water partition coefficient (Wildman–Crippen LogP) is 2.00. The zero-order valence-electron chi connectivity index (χ0n) is 7.13. The van der Waals surface area contributed by atoms with Gasteiger partial charge in [0.15, 0.2) is 0 Å². The van der Waals surface area contributed by atoms with Gasteiger partial charge >= 0.3 is 0 Å². The van der Waals surface area contributed by atoms with E-state index in [1.54, 1.807) is 12.1 Å². The molecule has 0 spiro atoms. The fourth-order valence-corrected chi connectivity index (χ4v) is 0.908. The monoisotopic (exact) mass is 154 g/mol. The minimum atomic E-state index is 0.105. The molecule has 0 aliphatic carbocycles. The van der Waals surface area contributed by atoms with Crippen LogP contribution in [0.25, 0.3) is 0 Å². The minimum absolute atomic E-state index is 0.105. The Morgan fingerprint density at radius 2 is 1.64 bits per heavy atom. The maximum atomic E-state index is 12.4. The van der Waals surface area contributed by atoms with Crippen molar-refractivity contribution >= 4 is 0 Å². The van der Waals surface area contributed by atoms with Crippen LogP contribution in [0, 0.1) is 0 Å². The molecule has 0 fully saturated rings. The highest BCUT2D eigenvalue weighted by atomic mass is 19.2. The number of aromatic nitrogens is 1. The first-order chi connectivity index (χ1) is 5.00. The molecule has 1 rings (SSSR count). The summed E-state index contributed by atoms with van der Waals surface area (Å²) in [4.78, 5) is 0.551. The average Bonchev–Trinajstić information content (AvgIpc) is 1.86. The predicted molar refractivity (Wildman–Crippen MR) is 41.8 cm³/mol. The lowest BCUT2D eigenvalue weighted by Gasteiger charge is -2.16.